The van der Waals surface area contributed by atoms with Gasteiger partial charge in [0.2, 0.25) is 0 Å². The molecule has 1 unspecified atom stereocenters. The summed E-state index contributed by atoms with van der Waals surface area (Å²) in [6, 6.07) is 7.74. The molecule has 102 valence electrons. The van der Waals surface area contributed by atoms with E-state index in [1.165, 1.54) is 0 Å². The predicted molar refractivity (Wildman–Crippen MR) is 75.9 cm³/mol. The molecule has 1 aromatic carbocycles. The lowest BCUT2D eigenvalue weighted by molar-refractivity contribution is 0.227. The van der Waals surface area contributed by atoms with Crippen LogP contribution in [0.4, 0.5) is 0 Å². The summed E-state index contributed by atoms with van der Waals surface area (Å²) in [7, 11) is 2.04. The van der Waals surface area contributed by atoms with Crippen molar-refractivity contribution in [2.45, 2.75) is 19.2 Å². The maximum absolute atomic E-state index is 5.93. The largest absolute Gasteiger partial charge is 0.490 e. The van der Waals surface area contributed by atoms with Crippen LogP contribution in [0.25, 0.3) is 0 Å². The SMILES string of the molecule is CCOc1ccccc1OCCN(C)CC(C)Cl. The van der Waals surface area contributed by atoms with Gasteiger partial charge in [0.05, 0.1) is 6.61 Å². The Labute approximate surface area is 115 Å². The Morgan fingerprint density at radius 3 is 2.39 bits per heavy atom. The number of likely N-dealkylation sites (N-methyl/N-ethyl adjacent to an activating group) is 1. The van der Waals surface area contributed by atoms with Crippen molar-refractivity contribution in [2.24, 2.45) is 0 Å². The highest BCUT2D eigenvalue weighted by Gasteiger charge is 2.05. The van der Waals surface area contributed by atoms with Crippen LogP contribution in [0.5, 0.6) is 11.5 Å². The van der Waals surface area contributed by atoms with E-state index in [1.54, 1.807) is 0 Å². The molecule has 0 aliphatic rings. The third-order valence-electron chi connectivity index (χ3n) is 2.44. The quantitative estimate of drug-likeness (QED) is 0.679. The summed E-state index contributed by atoms with van der Waals surface area (Å²) in [5.41, 5.74) is 0. The first-order valence-electron chi connectivity index (χ1n) is 6.30. The van der Waals surface area contributed by atoms with E-state index in [1.807, 2.05) is 45.2 Å². The van der Waals surface area contributed by atoms with Gasteiger partial charge in [-0.05, 0) is 33.0 Å². The average Bonchev–Trinajstić information content (AvgIpc) is 2.30. The Hall–Kier alpha value is -0.930. The van der Waals surface area contributed by atoms with Gasteiger partial charge in [-0.1, -0.05) is 12.1 Å². The van der Waals surface area contributed by atoms with Crippen molar-refractivity contribution in [3.8, 4) is 11.5 Å². The zero-order valence-electron chi connectivity index (χ0n) is 11.4. The number of ether oxygens (including phenoxy) is 2. The van der Waals surface area contributed by atoms with Crippen LogP contribution in [0, 0.1) is 0 Å². The van der Waals surface area contributed by atoms with Crippen molar-refractivity contribution in [1.82, 2.24) is 4.90 Å². The lowest BCUT2D eigenvalue weighted by Crippen LogP contribution is -2.29. The molecule has 1 rings (SSSR count). The summed E-state index contributed by atoms with van der Waals surface area (Å²) in [6.07, 6.45) is 0. The smallest absolute Gasteiger partial charge is 0.161 e. The topological polar surface area (TPSA) is 21.7 Å². The van der Waals surface area contributed by atoms with E-state index in [9.17, 15) is 0 Å². The molecular formula is C14H22ClNO2. The minimum atomic E-state index is 0.158. The Kier molecular flexibility index (Phi) is 6.91. The van der Waals surface area contributed by atoms with Crippen molar-refractivity contribution >= 4 is 11.6 Å². The van der Waals surface area contributed by atoms with E-state index < -0.39 is 0 Å². The second kappa shape index (κ2) is 8.22. The number of benzene rings is 1. The lowest BCUT2D eigenvalue weighted by atomic mass is 10.3. The molecule has 0 bridgehead atoms. The van der Waals surface area contributed by atoms with Crippen LogP contribution in [-0.2, 0) is 0 Å². The summed E-state index contributed by atoms with van der Waals surface area (Å²) < 4.78 is 11.2. The Morgan fingerprint density at radius 2 is 1.83 bits per heavy atom. The molecule has 0 fully saturated rings. The average molecular weight is 272 g/mol. The van der Waals surface area contributed by atoms with Gasteiger partial charge >= 0.3 is 0 Å². The zero-order valence-corrected chi connectivity index (χ0v) is 12.1. The minimum absolute atomic E-state index is 0.158. The highest BCUT2D eigenvalue weighted by atomic mass is 35.5. The summed E-state index contributed by atoms with van der Waals surface area (Å²) in [5, 5.41) is 0.158. The van der Waals surface area contributed by atoms with Gasteiger partial charge in [-0.15, -0.1) is 11.6 Å². The molecule has 1 atom stereocenters. The molecule has 0 aliphatic heterocycles. The molecule has 0 heterocycles. The molecule has 0 spiro atoms. The summed E-state index contributed by atoms with van der Waals surface area (Å²) in [5.74, 6) is 1.60. The maximum atomic E-state index is 5.93. The monoisotopic (exact) mass is 271 g/mol. The molecule has 18 heavy (non-hydrogen) atoms. The number of alkyl halides is 1. The fourth-order valence-corrected chi connectivity index (χ4v) is 1.91. The summed E-state index contributed by atoms with van der Waals surface area (Å²) >= 11 is 5.93. The van der Waals surface area contributed by atoms with Gasteiger partial charge in [0.1, 0.15) is 6.61 Å². The van der Waals surface area contributed by atoms with Gasteiger partial charge in [0.25, 0.3) is 0 Å². The van der Waals surface area contributed by atoms with Crippen LogP contribution in [0.15, 0.2) is 24.3 Å². The van der Waals surface area contributed by atoms with E-state index in [0.29, 0.717) is 13.2 Å². The number of halogens is 1. The Balaban J connectivity index is 2.39. The molecule has 0 N–H and O–H groups in total. The van der Waals surface area contributed by atoms with Crippen LogP contribution in [-0.4, -0.2) is 43.6 Å². The van der Waals surface area contributed by atoms with Gasteiger partial charge < -0.3 is 14.4 Å². The number of nitrogens with zero attached hydrogens (tertiary/aromatic N) is 1. The van der Waals surface area contributed by atoms with Crippen LogP contribution in [0.1, 0.15) is 13.8 Å². The number of hydrogen-bond donors (Lipinski definition) is 0. The van der Waals surface area contributed by atoms with Gasteiger partial charge in [-0.25, -0.2) is 0 Å². The van der Waals surface area contributed by atoms with Gasteiger partial charge in [-0.3, -0.25) is 0 Å². The minimum Gasteiger partial charge on any atom is -0.490 e. The van der Waals surface area contributed by atoms with Crippen molar-refractivity contribution in [2.75, 3.05) is 33.4 Å². The van der Waals surface area contributed by atoms with E-state index in [2.05, 4.69) is 4.90 Å². The molecule has 0 aliphatic carbocycles. The van der Waals surface area contributed by atoms with Crippen LogP contribution < -0.4 is 9.47 Å². The molecule has 3 nitrogen and oxygen atoms in total. The fourth-order valence-electron chi connectivity index (χ4n) is 1.68. The highest BCUT2D eigenvalue weighted by molar-refractivity contribution is 6.20. The molecule has 0 amide bonds. The van der Waals surface area contributed by atoms with Crippen LogP contribution in [0.3, 0.4) is 0 Å². The van der Waals surface area contributed by atoms with Gasteiger partial charge in [0.15, 0.2) is 11.5 Å². The summed E-state index contributed by atoms with van der Waals surface area (Å²) in [6.45, 7) is 6.93. The fraction of sp³-hybridized carbons (Fsp3) is 0.571. The van der Waals surface area contributed by atoms with E-state index in [-0.39, 0.29) is 5.38 Å². The summed E-state index contributed by atoms with van der Waals surface area (Å²) in [4.78, 5) is 2.15. The normalized spacial score (nSPS) is 12.5. The molecule has 0 aromatic heterocycles. The van der Waals surface area contributed by atoms with Gasteiger partial charge in [0, 0.05) is 18.5 Å². The number of rotatable bonds is 8. The van der Waals surface area contributed by atoms with Crippen molar-refractivity contribution in [1.29, 1.82) is 0 Å². The molecule has 1 aromatic rings. The molecular weight excluding hydrogens is 250 g/mol. The van der Waals surface area contributed by atoms with Crippen molar-refractivity contribution < 1.29 is 9.47 Å². The van der Waals surface area contributed by atoms with Crippen LogP contribution >= 0.6 is 11.6 Å². The van der Waals surface area contributed by atoms with Gasteiger partial charge in [-0.2, -0.15) is 0 Å². The first kappa shape index (κ1) is 15.1. The molecule has 0 radical (unpaired) electrons. The Morgan fingerprint density at radius 1 is 1.22 bits per heavy atom. The third-order valence-corrected chi connectivity index (χ3v) is 2.58. The van der Waals surface area contributed by atoms with E-state index in [0.717, 1.165) is 24.6 Å². The van der Waals surface area contributed by atoms with Crippen LogP contribution in [0.2, 0.25) is 0 Å². The molecule has 4 heteroatoms. The first-order chi connectivity index (χ1) is 8.63. The van der Waals surface area contributed by atoms with E-state index in [4.69, 9.17) is 21.1 Å². The number of hydrogen-bond acceptors (Lipinski definition) is 3. The molecule has 0 saturated heterocycles. The Bertz CT molecular complexity index is 344. The van der Waals surface area contributed by atoms with E-state index >= 15 is 0 Å². The third kappa shape index (κ3) is 5.61. The standard InChI is InChI=1S/C14H22ClNO2/c1-4-17-13-7-5-6-8-14(13)18-10-9-16(3)11-12(2)15/h5-8,12H,4,9-11H2,1-3H3. The zero-order chi connectivity index (χ0) is 13.4. The van der Waals surface area contributed by atoms with Crippen molar-refractivity contribution in [3.63, 3.8) is 0 Å². The highest BCUT2D eigenvalue weighted by Crippen LogP contribution is 2.26. The number of para-hydroxylation sites is 2. The lowest BCUT2D eigenvalue weighted by Gasteiger charge is -2.18. The predicted octanol–water partition coefficient (Wildman–Crippen LogP) is 3.02. The molecule has 0 saturated carbocycles. The maximum Gasteiger partial charge on any atom is 0.161 e. The first-order valence-corrected chi connectivity index (χ1v) is 6.74. The second-order valence-corrected chi connectivity index (χ2v) is 5.02. The van der Waals surface area contributed by atoms with Crippen molar-refractivity contribution in [3.05, 3.63) is 24.3 Å². The second-order valence-electron chi connectivity index (χ2n) is 4.27.